The van der Waals surface area contributed by atoms with Crippen molar-refractivity contribution in [1.29, 1.82) is 0 Å². The van der Waals surface area contributed by atoms with E-state index in [2.05, 4.69) is 18.8 Å². The Morgan fingerprint density at radius 1 is 1.27 bits per heavy atom. The predicted octanol–water partition coefficient (Wildman–Crippen LogP) is 2.39. The van der Waals surface area contributed by atoms with Crippen LogP contribution in [0.2, 0.25) is 0 Å². The molecule has 2 aliphatic carbocycles. The molecule has 0 amide bonds. The van der Waals surface area contributed by atoms with Gasteiger partial charge in [0.25, 0.3) is 0 Å². The van der Waals surface area contributed by atoms with Crippen LogP contribution in [0.3, 0.4) is 0 Å². The number of hydrogen-bond acceptors (Lipinski definition) is 1. The summed E-state index contributed by atoms with van der Waals surface area (Å²) in [6.45, 7) is 4.01. The van der Waals surface area contributed by atoms with Crippen LogP contribution >= 0.6 is 0 Å². The van der Waals surface area contributed by atoms with Crippen molar-refractivity contribution in [2.24, 2.45) is 23.7 Å². The Labute approximate surface area is 91.1 Å². The second-order valence-electron chi connectivity index (χ2n) is 5.21. The maximum absolute atomic E-state index is 13.3. The van der Waals surface area contributed by atoms with Crippen LogP contribution in [0.25, 0.3) is 0 Å². The van der Waals surface area contributed by atoms with Gasteiger partial charge < -0.3 is 5.11 Å². The van der Waals surface area contributed by atoms with Crippen LogP contribution < -0.4 is 0 Å². The van der Waals surface area contributed by atoms with Gasteiger partial charge in [-0.1, -0.05) is 18.8 Å². The maximum atomic E-state index is 13.3. The van der Waals surface area contributed by atoms with Gasteiger partial charge in [-0.3, -0.25) is 0 Å². The van der Waals surface area contributed by atoms with Gasteiger partial charge in [0.2, 0.25) is 0 Å². The highest BCUT2D eigenvalue weighted by Gasteiger charge is 2.38. The molecule has 1 nitrogen and oxygen atoms in total. The van der Waals surface area contributed by atoms with E-state index in [4.69, 9.17) is 0 Å². The molecule has 84 valence electrons. The first-order valence-electron chi connectivity index (χ1n) is 5.91. The highest BCUT2D eigenvalue weighted by molar-refractivity contribution is 5.15. The van der Waals surface area contributed by atoms with E-state index in [1.54, 1.807) is 0 Å². The van der Waals surface area contributed by atoms with E-state index in [0.29, 0.717) is 18.3 Å². The largest absolute Gasteiger partial charge is 0.393 e. The van der Waals surface area contributed by atoms with Crippen LogP contribution in [0.5, 0.6) is 0 Å². The molecule has 1 fully saturated rings. The Kier molecular flexibility index (Phi) is 3.02. The van der Waals surface area contributed by atoms with Crippen molar-refractivity contribution in [3.63, 3.8) is 0 Å². The molecule has 6 unspecified atom stereocenters. The third kappa shape index (κ3) is 2.18. The Bertz CT molecular complexity index is 289. The minimum absolute atomic E-state index is 0.215. The highest BCUT2D eigenvalue weighted by Crippen LogP contribution is 2.42. The number of aliphatic hydroxyl groups excluding tert-OH is 1. The summed E-state index contributed by atoms with van der Waals surface area (Å²) in [5.74, 6) is 7.14. The quantitative estimate of drug-likeness (QED) is 0.659. The molecule has 15 heavy (non-hydrogen) atoms. The zero-order chi connectivity index (χ0) is 11.0. The molecule has 1 N–H and O–H groups in total. The van der Waals surface area contributed by atoms with Crippen LogP contribution in [0.1, 0.15) is 33.1 Å². The molecule has 0 saturated heterocycles. The van der Waals surface area contributed by atoms with Gasteiger partial charge in [-0.25, -0.2) is 4.39 Å². The zero-order valence-electron chi connectivity index (χ0n) is 9.41. The Morgan fingerprint density at radius 3 is 2.67 bits per heavy atom. The van der Waals surface area contributed by atoms with Crippen LogP contribution in [0, 0.1) is 35.5 Å². The van der Waals surface area contributed by atoms with Crippen molar-refractivity contribution in [2.45, 2.75) is 45.4 Å². The smallest absolute Gasteiger partial charge is 0.160 e. The molecular formula is C13H19FO. The summed E-state index contributed by atoms with van der Waals surface area (Å²) in [5, 5.41) is 9.70. The van der Waals surface area contributed by atoms with E-state index >= 15 is 0 Å². The molecule has 0 heterocycles. The van der Waals surface area contributed by atoms with E-state index < -0.39 is 6.17 Å². The van der Waals surface area contributed by atoms with Crippen LogP contribution in [-0.2, 0) is 0 Å². The minimum atomic E-state index is -0.949. The van der Waals surface area contributed by atoms with E-state index in [1.807, 2.05) is 6.92 Å². The molecule has 2 aliphatic rings. The van der Waals surface area contributed by atoms with Gasteiger partial charge in [-0.15, -0.1) is 0 Å². The standard InChI is InChI=1S/C13H19FO/c1-8-5-13(9(2)15)10-3-4-12(14)7-11(8)6-10/h8-13,15H,5-7H2,1-2H3. The van der Waals surface area contributed by atoms with Crippen LogP contribution in [-0.4, -0.2) is 17.4 Å². The van der Waals surface area contributed by atoms with Gasteiger partial charge in [0.15, 0.2) is 6.17 Å². The van der Waals surface area contributed by atoms with E-state index in [9.17, 15) is 9.50 Å². The number of rotatable bonds is 1. The lowest BCUT2D eigenvalue weighted by Crippen LogP contribution is -2.35. The first-order chi connectivity index (χ1) is 7.08. The number of halogens is 1. The summed E-state index contributed by atoms with van der Waals surface area (Å²) in [4.78, 5) is 0. The number of alkyl halides is 1. The summed E-state index contributed by atoms with van der Waals surface area (Å²) < 4.78 is 13.3. The Balaban J connectivity index is 2.19. The Morgan fingerprint density at radius 2 is 2.00 bits per heavy atom. The first-order valence-corrected chi connectivity index (χ1v) is 5.91. The lowest BCUT2D eigenvalue weighted by atomic mass is 9.67. The van der Waals surface area contributed by atoms with Crippen molar-refractivity contribution in [3.05, 3.63) is 0 Å². The molecular weight excluding hydrogens is 191 g/mol. The topological polar surface area (TPSA) is 20.2 Å². The molecule has 0 spiro atoms. The first kappa shape index (κ1) is 11.0. The zero-order valence-corrected chi connectivity index (χ0v) is 9.41. The average Bonchev–Trinajstić information content (AvgIpc) is 2.33. The molecule has 1 saturated carbocycles. The summed E-state index contributed by atoms with van der Waals surface area (Å²) in [6, 6.07) is 0. The molecule has 2 heteroatoms. The summed E-state index contributed by atoms with van der Waals surface area (Å²) in [6.07, 6.45) is 1.30. The van der Waals surface area contributed by atoms with Crippen molar-refractivity contribution in [2.75, 3.05) is 0 Å². The molecule has 0 radical (unpaired) electrons. The van der Waals surface area contributed by atoms with Crippen molar-refractivity contribution in [3.8, 4) is 11.8 Å². The van der Waals surface area contributed by atoms with Gasteiger partial charge in [0.05, 0.1) is 6.10 Å². The monoisotopic (exact) mass is 210 g/mol. The number of aliphatic hydroxyl groups is 1. The lowest BCUT2D eigenvalue weighted by Gasteiger charge is -2.38. The van der Waals surface area contributed by atoms with Gasteiger partial charge in [-0.05, 0) is 43.9 Å². The molecule has 0 aliphatic heterocycles. The molecule has 0 aromatic carbocycles. The van der Waals surface area contributed by atoms with Gasteiger partial charge >= 0.3 is 0 Å². The van der Waals surface area contributed by atoms with Gasteiger partial charge in [-0.2, -0.15) is 0 Å². The van der Waals surface area contributed by atoms with Crippen molar-refractivity contribution < 1.29 is 9.50 Å². The fourth-order valence-corrected chi connectivity index (χ4v) is 3.07. The molecule has 6 atom stereocenters. The lowest BCUT2D eigenvalue weighted by molar-refractivity contribution is 0.0379. The number of fused-ring (bicyclic) bond motifs is 2. The molecule has 2 rings (SSSR count). The van der Waals surface area contributed by atoms with Crippen LogP contribution in [0.4, 0.5) is 4.39 Å². The molecule has 2 bridgehead atoms. The summed E-state index contributed by atoms with van der Waals surface area (Å²) >= 11 is 0. The summed E-state index contributed by atoms with van der Waals surface area (Å²) in [5.41, 5.74) is 0. The van der Waals surface area contributed by atoms with Crippen LogP contribution in [0.15, 0.2) is 0 Å². The summed E-state index contributed by atoms with van der Waals surface area (Å²) in [7, 11) is 0. The van der Waals surface area contributed by atoms with E-state index in [-0.39, 0.29) is 17.9 Å². The fourth-order valence-electron chi connectivity index (χ4n) is 3.07. The number of hydrogen-bond donors (Lipinski definition) is 1. The third-order valence-corrected chi connectivity index (χ3v) is 4.08. The second kappa shape index (κ2) is 4.14. The highest BCUT2D eigenvalue weighted by atomic mass is 19.1. The maximum Gasteiger partial charge on any atom is 0.160 e. The minimum Gasteiger partial charge on any atom is -0.393 e. The van der Waals surface area contributed by atoms with E-state index in [0.717, 1.165) is 12.8 Å². The third-order valence-electron chi connectivity index (χ3n) is 4.08. The fraction of sp³-hybridized carbons (Fsp3) is 0.846. The predicted molar refractivity (Wildman–Crippen MR) is 57.8 cm³/mol. The Hall–Kier alpha value is -0.550. The van der Waals surface area contributed by atoms with Crippen molar-refractivity contribution >= 4 is 0 Å². The second-order valence-corrected chi connectivity index (χ2v) is 5.21. The van der Waals surface area contributed by atoms with Gasteiger partial charge in [0.1, 0.15) is 0 Å². The normalized spacial score (nSPS) is 46.3. The van der Waals surface area contributed by atoms with E-state index in [1.165, 1.54) is 0 Å². The SMILES string of the molecule is CC(O)C1CC(C)C2CC(F)C#CC1C2. The average molecular weight is 210 g/mol. The molecule has 0 aromatic heterocycles. The molecule has 0 aromatic rings. The van der Waals surface area contributed by atoms with Crippen molar-refractivity contribution in [1.82, 2.24) is 0 Å². The van der Waals surface area contributed by atoms with Gasteiger partial charge in [0, 0.05) is 5.92 Å².